The van der Waals surface area contributed by atoms with Crippen molar-refractivity contribution in [2.24, 2.45) is 5.92 Å². The van der Waals surface area contributed by atoms with Crippen LogP contribution in [0.25, 0.3) is 11.2 Å². The van der Waals surface area contributed by atoms with Gasteiger partial charge in [0, 0.05) is 10.7 Å². The van der Waals surface area contributed by atoms with Gasteiger partial charge in [-0.1, -0.05) is 6.92 Å². The first kappa shape index (κ1) is 11.2. The summed E-state index contributed by atoms with van der Waals surface area (Å²) < 4.78 is 0.977. The molecule has 2 aromatic rings. The number of hydrogen-bond donors (Lipinski definition) is 2. The SMILES string of the molecule is CC1CCCNC1c1nc2ncc(Br)cc2[nH]1. The number of H-pyrrole nitrogens is 1. The van der Waals surface area contributed by atoms with Crippen molar-refractivity contribution in [1.29, 1.82) is 0 Å². The van der Waals surface area contributed by atoms with Crippen molar-refractivity contribution < 1.29 is 0 Å². The average Bonchev–Trinajstić information content (AvgIpc) is 2.72. The molecule has 2 aromatic heterocycles. The molecular weight excluding hydrogens is 280 g/mol. The van der Waals surface area contributed by atoms with Gasteiger partial charge in [0.1, 0.15) is 5.82 Å². The minimum Gasteiger partial charge on any atom is -0.339 e. The summed E-state index contributed by atoms with van der Waals surface area (Å²) in [6, 6.07) is 2.35. The number of nitrogens with zero attached hydrogens (tertiary/aromatic N) is 2. The van der Waals surface area contributed by atoms with E-state index in [0.717, 1.165) is 28.0 Å². The van der Waals surface area contributed by atoms with E-state index in [2.05, 4.69) is 43.1 Å². The quantitative estimate of drug-likeness (QED) is 0.850. The van der Waals surface area contributed by atoms with Gasteiger partial charge < -0.3 is 10.3 Å². The monoisotopic (exact) mass is 294 g/mol. The summed E-state index contributed by atoms with van der Waals surface area (Å²) in [5, 5.41) is 3.53. The molecule has 0 radical (unpaired) electrons. The Kier molecular flexibility index (Phi) is 2.88. The Hall–Kier alpha value is -0.940. The van der Waals surface area contributed by atoms with Crippen LogP contribution in [-0.4, -0.2) is 21.5 Å². The van der Waals surface area contributed by atoms with Crippen molar-refractivity contribution in [2.75, 3.05) is 6.54 Å². The lowest BCUT2D eigenvalue weighted by Crippen LogP contribution is -2.33. The van der Waals surface area contributed by atoms with E-state index in [1.165, 1.54) is 12.8 Å². The highest BCUT2D eigenvalue weighted by molar-refractivity contribution is 9.10. The zero-order valence-electron chi connectivity index (χ0n) is 9.70. The van der Waals surface area contributed by atoms with Crippen molar-refractivity contribution >= 4 is 27.1 Å². The molecule has 1 saturated heterocycles. The van der Waals surface area contributed by atoms with Crippen LogP contribution in [0.4, 0.5) is 0 Å². The summed E-state index contributed by atoms with van der Waals surface area (Å²) in [6.07, 6.45) is 4.29. The minimum atomic E-state index is 0.330. The lowest BCUT2D eigenvalue weighted by Gasteiger charge is -2.28. The molecule has 2 unspecified atom stereocenters. The van der Waals surface area contributed by atoms with Crippen LogP contribution in [0.1, 0.15) is 31.6 Å². The van der Waals surface area contributed by atoms with Crippen LogP contribution in [-0.2, 0) is 0 Å². The molecule has 5 heteroatoms. The van der Waals surface area contributed by atoms with Gasteiger partial charge in [-0.15, -0.1) is 0 Å². The Morgan fingerprint density at radius 1 is 1.47 bits per heavy atom. The topological polar surface area (TPSA) is 53.6 Å². The molecule has 0 saturated carbocycles. The number of hydrogen-bond acceptors (Lipinski definition) is 3. The molecule has 2 N–H and O–H groups in total. The van der Waals surface area contributed by atoms with Crippen molar-refractivity contribution in [1.82, 2.24) is 20.3 Å². The number of fused-ring (bicyclic) bond motifs is 1. The molecule has 4 nitrogen and oxygen atoms in total. The highest BCUT2D eigenvalue weighted by Gasteiger charge is 2.25. The maximum atomic E-state index is 4.58. The van der Waals surface area contributed by atoms with E-state index in [1.807, 2.05) is 6.07 Å². The fourth-order valence-corrected chi connectivity index (χ4v) is 2.79. The second kappa shape index (κ2) is 4.38. The van der Waals surface area contributed by atoms with Gasteiger partial charge in [0.25, 0.3) is 0 Å². The molecule has 0 aliphatic carbocycles. The summed E-state index contributed by atoms with van der Waals surface area (Å²) in [4.78, 5) is 12.3. The second-order valence-corrected chi connectivity index (χ2v) is 5.61. The van der Waals surface area contributed by atoms with E-state index >= 15 is 0 Å². The van der Waals surface area contributed by atoms with E-state index in [9.17, 15) is 0 Å². The summed E-state index contributed by atoms with van der Waals surface area (Å²) in [5.41, 5.74) is 1.79. The molecule has 1 aliphatic rings. The van der Waals surface area contributed by atoms with Gasteiger partial charge in [0.05, 0.1) is 11.6 Å². The van der Waals surface area contributed by atoms with Crippen LogP contribution >= 0.6 is 15.9 Å². The van der Waals surface area contributed by atoms with Gasteiger partial charge in [-0.25, -0.2) is 9.97 Å². The molecule has 1 fully saturated rings. The number of pyridine rings is 1. The van der Waals surface area contributed by atoms with E-state index in [0.29, 0.717) is 12.0 Å². The van der Waals surface area contributed by atoms with E-state index in [-0.39, 0.29) is 0 Å². The standard InChI is InChI=1S/C12H15BrN4/c1-7-3-2-4-14-10(7)12-16-9-5-8(13)6-15-11(9)17-12/h5-7,10,14H,2-4H2,1H3,(H,15,16,17). The van der Waals surface area contributed by atoms with E-state index < -0.39 is 0 Å². The van der Waals surface area contributed by atoms with Crippen LogP contribution in [0.2, 0.25) is 0 Å². The van der Waals surface area contributed by atoms with Crippen molar-refractivity contribution in [2.45, 2.75) is 25.8 Å². The van der Waals surface area contributed by atoms with Gasteiger partial charge in [-0.05, 0) is 47.3 Å². The van der Waals surface area contributed by atoms with Crippen LogP contribution in [0.3, 0.4) is 0 Å². The molecule has 0 amide bonds. The Balaban J connectivity index is 1.99. The molecule has 0 bridgehead atoms. The third-order valence-corrected chi connectivity index (χ3v) is 3.82. The lowest BCUT2D eigenvalue weighted by atomic mass is 9.92. The Morgan fingerprint density at radius 3 is 3.18 bits per heavy atom. The van der Waals surface area contributed by atoms with Crippen LogP contribution in [0.15, 0.2) is 16.7 Å². The van der Waals surface area contributed by atoms with E-state index in [1.54, 1.807) is 6.20 Å². The largest absolute Gasteiger partial charge is 0.339 e. The smallest absolute Gasteiger partial charge is 0.177 e. The van der Waals surface area contributed by atoms with E-state index in [4.69, 9.17) is 0 Å². The van der Waals surface area contributed by atoms with Crippen LogP contribution in [0, 0.1) is 5.92 Å². The Labute approximate surface area is 108 Å². The van der Waals surface area contributed by atoms with Gasteiger partial charge >= 0.3 is 0 Å². The molecule has 3 rings (SSSR count). The molecule has 0 spiro atoms. The number of aromatic nitrogens is 3. The summed E-state index contributed by atoms with van der Waals surface area (Å²) in [6.45, 7) is 3.34. The van der Waals surface area contributed by atoms with Crippen molar-refractivity contribution in [3.05, 3.63) is 22.6 Å². The van der Waals surface area contributed by atoms with Crippen LogP contribution in [0.5, 0.6) is 0 Å². The Morgan fingerprint density at radius 2 is 2.35 bits per heavy atom. The zero-order valence-corrected chi connectivity index (χ0v) is 11.3. The van der Waals surface area contributed by atoms with Crippen LogP contribution < -0.4 is 5.32 Å². The number of rotatable bonds is 1. The maximum absolute atomic E-state index is 4.58. The fraction of sp³-hybridized carbons (Fsp3) is 0.500. The zero-order chi connectivity index (χ0) is 11.8. The highest BCUT2D eigenvalue weighted by Crippen LogP contribution is 2.28. The molecular formula is C12H15BrN4. The summed E-state index contributed by atoms with van der Waals surface area (Å²) in [5.74, 6) is 1.63. The molecule has 17 heavy (non-hydrogen) atoms. The third kappa shape index (κ3) is 2.09. The fourth-order valence-electron chi connectivity index (χ4n) is 2.46. The lowest BCUT2D eigenvalue weighted by molar-refractivity contribution is 0.296. The van der Waals surface area contributed by atoms with Crippen molar-refractivity contribution in [3.63, 3.8) is 0 Å². The van der Waals surface area contributed by atoms with Gasteiger partial charge in [0.2, 0.25) is 0 Å². The third-order valence-electron chi connectivity index (χ3n) is 3.39. The average molecular weight is 295 g/mol. The Bertz CT molecular complexity index is 536. The number of halogens is 1. The normalized spacial score (nSPS) is 25.3. The van der Waals surface area contributed by atoms with Crippen molar-refractivity contribution in [3.8, 4) is 0 Å². The maximum Gasteiger partial charge on any atom is 0.177 e. The first-order valence-electron chi connectivity index (χ1n) is 5.98. The molecule has 90 valence electrons. The predicted octanol–water partition coefficient (Wildman–Crippen LogP) is 2.78. The minimum absolute atomic E-state index is 0.330. The number of imidazole rings is 1. The molecule has 3 heterocycles. The molecule has 2 atom stereocenters. The highest BCUT2D eigenvalue weighted by atomic mass is 79.9. The number of aromatic amines is 1. The molecule has 1 aliphatic heterocycles. The summed E-state index contributed by atoms with van der Waals surface area (Å²) >= 11 is 3.42. The second-order valence-electron chi connectivity index (χ2n) is 4.70. The number of piperidine rings is 1. The van der Waals surface area contributed by atoms with Gasteiger partial charge in [-0.3, -0.25) is 0 Å². The predicted molar refractivity (Wildman–Crippen MR) is 70.7 cm³/mol. The first-order valence-corrected chi connectivity index (χ1v) is 6.78. The van der Waals surface area contributed by atoms with Gasteiger partial charge in [-0.2, -0.15) is 0 Å². The van der Waals surface area contributed by atoms with Gasteiger partial charge in [0.15, 0.2) is 5.65 Å². The summed E-state index contributed by atoms with van der Waals surface area (Å²) in [7, 11) is 0. The first-order chi connectivity index (χ1) is 8.24. The number of nitrogens with one attached hydrogen (secondary N) is 2. The molecule has 0 aromatic carbocycles.